The molecule has 0 saturated carbocycles. The average Bonchev–Trinajstić information content (AvgIpc) is 2.69. The third-order valence-electron chi connectivity index (χ3n) is 3.91. The van der Waals surface area contributed by atoms with Gasteiger partial charge < -0.3 is 9.47 Å². The molecular formula is C22H22F3NO2S. The van der Waals surface area contributed by atoms with Crippen molar-refractivity contribution in [2.45, 2.75) is 31.3 Å². The summed E-state index contributed by atoms with van der Waals surface area (Å²) in [5, 5.41) is 8.99. The lowest BCUT2D eigenvalue weighted by Gasteiger charge is -2.12. The predicted octanol–water partition coefficient (Wildman–Crippen LogP) is 6.42. The Morgan fingerprint density at radius 2 is 1.86 bits per heavy atom. The van der Waals surface area contributed by atoms with E-state index in [4.69, 9.17) is 14.7 Å². The van der Waals surface area contributed by atoms with Gasteiger partial charge in [-0.25, -0.2) is 0 Å². The molecular weight excluding hydrogens is 399 g/mol. The quantitative estimate of drug-likeness (QED) is 0.346. The summed E-state index contributed by atoms with van der Waals surface area (Å²) in [5.41, 5.74) is 1.05. The number of halogens is 3. The number of nitrogens with zero attached hydrogens (tertiary/aromatic N) is 1. The van der Waals surface area contributed by atoms with Gasteiger partial charge in [-0.05, 0) is 66.9 Å². The molecule has 0 aliphatic heterocycles. The molecule has 3 nitrogen and oxygen atoms in total. The second-order valence-electron chi connectivity index (χ2n) is 6.31. The monoisotopic (exact) mass is 421 g/mol. The van der Waals surface area contributed by atoms with Gasteiger partial charge in [0.1, 0.15) is 18.1 Å². The van der Waals surface area contributed by atoms with Gasteiger partial charge in [-0.2, -0.15) is 18.4 Å². The van der Waals surface area contributed by atoms with Crippen LogP contribution in [0.1, 0.15) is 24.5 Å². The van der Waals surface area contributed by atoms with E-state index in [2.05, 4.69) is 6.92 Å². The maximum absolute atomic E-state index is 12.6. The van der Waals surface area contributed by atoms with Crippen LogP contribution in [0.4, 0.5) is 13.2 Å². The summed E-state index contributed by atoms with van der Waals surface area (Å²) in [5.74, 6) is 1.71. The summed E-state index contributed by atoms with van der Waals surface area (Å²) in [6.07, 6.45) is -2.03. The van der Waals surface area contributed by atoms with Crippen LogP contribution in [0.25, 0.3) is 0 Å². The lowest BCUT2D eigenvalue weighted by molar-refractivity contribution is -0.137. The summed E-state index contributed by atoms with van der Waals surface area (Å²) in [6.45, 7) is 4.83. The van der Waals surface area contributed by atoms with Crippen LogP contribution in [-0.4, -0.2) is 19.0 Å². The molecule has 2 rings (SSSR count). The standard InChI is InChI=1S/C22H22F3NO2S/c1-3-12-27-21-9-8-20(13-16(21)2)29-15-17(10-11-26)14-28-19-6-4-18(5-7-19)22(23,24)25/h4-10,13H,3,12,14-15H2,1-2H3. The Balaban J connectivity index is 1.93. The molecule has 0 bridgehead atoms. The molecule has 154 valence electrons. The molecule has 0 aliphatic rings. The molecule has 0 heterocycles. The zero-order chi connectivity index (χ0) is 21.3. The largest absolute Gasteiger partial charge is 0.493 e. The fourth-order valence-corrected chi connectivity index (χ4v) is 3.34. The SMILES string of the molecule is CCCOc1ccc(SCC(=CC#N)COc2ccc(C(F)(F)F)cc2)cc1C. The maximum atomic E-state index is 12.6. The van der Waals surface area contributed by atoms with E-state index in [1.54, 1.807) is 11.8 Å². The Kier molecular flexibility index (Phi) is 8.47. The minimum absolute atomic E-state index is 0.128. The minimum atomic E-state index is -4.38. The molecule has 7 heteroatoms. The van der Waals surface area contributed by atoms with E-state index in [0.29, 0.717) is 18.1 Å². The smallest absolute Gasteiger partial charge is 0.416 e. The Bertz CT molecular complexity index is 871. The van der Waals surface area contributed by atoms with E-state index in [9.17, 15) is 13.2 Å². The summed E-state index contributed by atoms with van der Waals surface area (Å²) >= 11 is 1.55. The number of benzene rings is 2. The predicted molar refractivity (Wildman–Crippen MR) is 108 cm³/mol. The number of rotatable bonds is 9. The molecule has 0 saturated heterocycles. The molecule has 0 N–H and O–H groups in total. The van der Waals surface area contributed by atoms with Crippen LogP contribution in [0.15, 0.2) is 59.0 Å². The van der Waals surface area contributed by atoms with E-state index >= 15 is 0 Å². The number of thioether (sulfide) groups is 1. The van der Waals surface area contributed by atoms with Gasteiger partial charge in [0.05, 0.1) is 18.2 Å². The number of hydrogen-bond donors (Lipinski definition) is 0. The molecule has 29 heavy (non-hydrogen) atoms. The highest BCUT2D eigenvalue weighted by Crippen LogP contribution is 2.31. The highest BCUT2D eigenvalue weighted by molar-refractivity contribution is 7.99. The van der Waals surface area contributed by atoms with Gasteiger partial charge in [0.2, 0.25) is 0 Å². The second-order valence-corrected chi connectivity index (χ2v) is 7.36. The van der Waals surface area contributed by atoms with Crippen LogP contribution in [0.3, 0.4) is 0 Å². The Hall–Kier alpha value is -2.59. The lowest BCUT2D eigenvalue weighted by Crippen LogP contribution is -2.06. The summed E-state index contributed by atoms with van der Waals surface area (Å²) in [7, 11) is 0. The number of aryl methyl sites for hydroxylation is 1. The highest BCUT2D eigenvalue weighted by Gasteiger charge is 2.30. The normalized spacial score (nSPS) is 11.8. The van der Waals surface area contributed by atoms with E-state index in [1.807, 2.05) is 31.2 Å². The number of hydrogen-bond acceptors (Lipinski definition) is 4. The second kappa shape index (κ2) is 10.8. The first-order valence-electron chi connectivity index (χ1n) is 9.07. The molecule has 0 unspecified atom stereocenters. The van der Waals surface area contributed by atoms with E-state index in [0.717, 1.165) is 40.3 Å². The zero-order valence-electron chi connectivity index (χ0n) is 16.3. The Morgan fingerprint density at radius 3 is 2.45 bits per heavy atom. The summed E-state index contributed by atoms with van der Waals surface area (Å²) in [4.78, 5) is 1.03. The summed E-state index contributed by atoms with van der Waals surface area (Å²) < 4.78 is 49.1. The first kappa shape index (κ1) is 22.7. The Morgan fingerprint density at radius 1 is 1.14 bits per heavy atom. The fourth-order valence-electron chi connectivity index (χ4n) is 2.39. The van der Waals surface area contributed by atoms with E-state index in [1.165, 1.54) is 18.2 Å². The van der Waals surface area contributed by atoms with Gasteiger partial charge in [-0.1, -0.05) is 6.92 Å². The summed E-state index contributed by atoms with van der Waals surface area (Å²) in [6, 6.07) is 12.4. The number of alkyl halides is 3. The van der Waals surface area contributed by atoms with Gasteiger partial charge in [0.15, 0.2) is 0 Å². The van der Waals surface area contributed by atoms with Crippen LogP contribution in [-0.2, 0) is 6.18 Å². The van der Waals surface area contributed by atoms with Gasteiger partial charge in [0.25, 0.3) is 0 Å². The molecule has 0 spiro atoms. The van der Waals surface area contributed by atoms with Crippen LogP contribution in [0.5, 0.6) is 11.5 Å². The van der Waals surface area contributed by atoms with E-state index < -0.39 is 11.7 Å². The molecule has 0 radical (unpaired) electrons. The van der Waals surface area contributed by atoms with Crippen molar-refractivity contribution in [3.05, 3.63) is 65.2 Å². The highest BCUT2D eigenvalue weighted by atomic mass is 32.2. The first-order chi connectivity index (χ1) is 13.8. The van der Waals surface area contributed by atoms with Crippen molar-refractivity contribution < 1.29 is 22.6 Å². The molecule has 0 aliphatic carbocycles. The fraction of sp³-hybridized carbons (Fsp3) is 0.318. The third kappa shape index (κ3) is 7.39. The minimum Gasteiger partial charge on any atom is -0.493 e. The van der Waals surface area contributed by atoms with Crippen molar-refractivity contribution >= 4 is 11.8 Å². The Labute approximate surface area is 173 Å². The van der Waals surface area contributed by atoms with Gasteiger partial charge in [0, 0.05) is 16.7 Å². The van der Waals surface area contributed by atoms with Gasteiger partial charge in [-0.15, -0.1) is 11.8 Å². The number of ether oxygens (including phenoxy) is 2. The molecule has 2 aromatic rings. The van der Waals surface area contributed by atoms with Gasteiger partial charge >= 0.3 is 6.18 Å². The molecule has 2 aromatic carbocycles. The lowest BCUT2D eigenvalue weighted by atomic mass is 10.2. The van der Waals surface area contributed by atoms with Gasteiger partial charge in [-0.3, -0.25) is 0 Å². The molecule has 0 atom stereocenters. The third-order valence-corrected chi connectivity index (χ3v) is 5.01. The maximum Gasteiger partial charge on any atom is 0.416 e. The van der Waals surface area contributed by atoms with Crippen LogP contribution in [0.2, 0.25) is 0 Å². The van der Waals surface area contributed by atoms with Crippen LogP contribution < -0.4 is 9.47 Å². The first-order valence-corrected chi connectivity index (χ1v) is 10.1. The average molecular weight is 421 g/mol. The van der Waals surface area contributed by atoms with Crippen molar-refractivity contribution in [3.63, 3.8) is 0 Å². The number of allylic oxidation sites excluding steroid dienone is 1. The topological polar surface area (TPSA) is 42.2 Å². The van der Waals surface area contributed by atoms with Crippen molar-refractivity contribution in [1.82, 2.24) is 0 Å². The van der Waals surface area contributed by atoms with Crippen LogP contribution in [0, 0.1) is 18.3 Å². The molecule has 0 fully saturated rings. The van der Waals surface area contributed by atoms with Crippen molar-refractivity contribution in [2.24, 2.45) is 0 Å². The van der Waals surface area contributed by atoms with Crippen molar-refractivity contribution in [1.29, 1.82) is 5.26 Å². The van der Waals surface area contributed by atoms with E-state index in [-0.39, 0.29) is 6.61 Å². The van der Waals surface area contributed by atoms with Crippen molar-refractivity contribution in [2.75, 3.05) is 19.0 Å². The van der Waals surface area contributed by atoms with Crippen molar-refractivity contribution in [3.8, 4) is 17.6 Å². The molecule has 0 amide bonds. The molecule has 0 aromatic heterocycles. The number of nitriles is 1. The van der Waals surface area contributed by atoms with Crippen LogP contribution >= 0.6 is 11.8 Å². The zero-order valence-corrected chi connectivity index (χ0v) is 17.1.